The lowest BCUT2D eigenvalue weighted by atomic mass is 10.0. The summed E-state index contributed by atoms with van der Waals surface area (Å²) in [5, 5.41) is 16.5. The van der Waals surface area contributed by atoms with Crippen molar-refractivity contribution in [1.29, 1.82) is 0 Å². The van der Waals surface area contributed by atoms with E-state index in [1.807, 2.05) is 27.8 Å². The van der Waals surface area contributed by atoms with Gasteiger partial charge in [0.2, 0.25) is 0 Å². The van der Waals surface area contributed by atoms with Gasteiger partial charge in [0.15, 0.2) is 5.69 Å². The van der Waals surface area contributed by atoms with Crippen LogP contribution in [0, 0.1) is 13.8 Å². The van der Waals surface area contributed by atoms with Gasteiger partial charge in [-0.25, -0.2) is 9.78 Å². The van der Waals surface area contributed by atoms with E-state index in [4.69, 9.17) is 5.11 Å². The number of benzene rings is 1. The highest BCUT2D eigenvalue weighted by molar-refractivity contribution is 5.95. The first-order valence-corrected chi connectivity index (χ1v) is 8.74. The molecule has 0 bridgehead atoms. The molecule has 2 heterocycles. The van der Waals surface area contributed by atoms with E-state index in [1.54, 1.807) is 28.9 Å². The van der Waals surface area contributed by atoms with Gasteiger partial charge in [0, 0.05) is 29.4 Å². The molecule has 1 atom stereocenters. The van der Waals surface area contributed by atoms with E-state index in [0.29, 0.717) is 16.8 Å². The molecule has 0 spiro atoms. The summed E-state index contributed by atoms with van der Waals surface area (Å²) in [6, 6.07) is 6.64. The van der Waals surface area contributed by atoms with E-state index in [2.05, 4.69) is 20.4 Å². The Morgan fingerprint density at radius 3 is 2.61 bits per heavy atom. The van der Waals surface area contributed by atoms with Gasteiger partial charge >= 0.3 is 5.97 Å². The lowest BCUT2D eigenvalue weighted by molar-refractivity contribution is 0.0689. The molecule has 2 aromatic heterocycles. The Bertz CT molecular complexity index is 1060. The summed E-state index contributed by atoms with van der Waals surface area (Å²) in [5.41, 5.74) is 4.18. The van der Waals surface area contributed by atoms with Crippen LogP contribution < -0.4 is 5.32 Å². The highest BCUT2D eigenvalue weighted by Crippen LogP contribution is 2.22. The first-order valence-electron chi connectivity index (χ1n) is 8.74. The fraction of sp³-hybridized carbons (Fsp3) is 0.250. The number of aromatic nitrogens is 4. The van der Waals surface area contributed by atoms with E-state index in [9.17, 15) is 9.59 Å². The van der Waals surface area contributed by atoms with Gasteiger partial charge < -0.3 is 10.4 Å². The average molecular weight is 379 g/mol. The standard InChI is InChI=1S/C20H21N5O3/c1-11(18-12(2)24-25(4)13(18)3)22-19(26)15-7-5-6-14(8-15)16-9-21-10-17(23-16)20(27)28/h5-11H,1-4H3,(H,22,26)(H,27,28). The summed E-state index contributed by atoms with van der Waals surface area (Å²) in [6.07, 6.45) is 2.65. The molecule has 0 aliphatic carbocycles. The number of carboxylic acids is 1. The maximum Gasteiger partial charge on any atom is 0.356 e. The minimum absolute atomic E-state index is 0.150. The number of carboxylic acid groups (broad SMARTS) is 1. The van der Waals surface area contributed by atoms with Crippen molar-refractivity contribution in [3.8, 4) is 11.3 Å². The molecular weight excluding hydrogens is 358 g/mol. The third-order valence-electron chi connectivity index (χ3n) is 4.62. The van der Waals surface area contributed by atoms with Gasteiger partial charge in [-0.05, 0) is 32.9 Å². The first-order chi connectivity index (χ1) is 13.3. The van der Waals surface area contributed by atoms with Crippen LogP contribution in [0.25, 0.3) is 11.3 Å². The number of hydrogen-bond donors (Lipinski definition) is 2. The first kappa shape index (κ1) is 19.2. The SMILES string of the molecule is Cc1nn(C)c(C)c1C(C)NC(=O)c1cccc(-c2cncc(C(=O)O)n2)c1. The van der Waals surface area contributed by atoms with Crippen LogP contribution in [0.4, 0.5) is 0 Å². The molecule has 0 saturated carbocycles. The Morgan fingerprint density at radius 1 is 1.21 bits per heavy atom. The van der Waals surface area contributed by atoms with Crippen LogP contribution in [0.1, 0.15) is 50.8 Å². The smallest absolute Gasteiger partial charge is 0.356 e. The van der Waals surface area contributed by atoms with Gasteiger partial charge in [0.25, 0.3) is 5.91 Å². The van der Waals surface area contributed by atoms with Crippen LogP contribution in [0.2, 0.25) is 0 Å². The molecule has 1 aromatic carbocycles. The molecule has 3 rings (SSSR count). The molecule has 8 nitrogen and oxygen atoms in total. The van der Waals surface area contributed by atoms with Gasteiger partial charge in [-0.2, -0.15) is 5.10 Å². The Labute approximate surface area is 162 Å². The molecule has 0 radical (unpaired) electrons. The molecule has 0 saturated heterocycles. The van der Waals surface area contributed by atoms with Crippen molar-refractivity contribution in [3.63, 3.8) is 0 Å². The summed E-state index contributed by atoms with van der Waals surface area (Å²) in [6.45, 7) is 5.80. The van der Waals surface area contributed by atoms with Crippen molar-refractivity contribution in [2.75, 3.05) is 0 Å². The monoisotopic (exact) mass is 379 g/mol. The minimum Gasteiger partial charge on any atom is -0.476 e. The maximum absolute atomic E-state index is 12.7. The van der Waals surface area contributed by atoms with Gasteiger partial charge in [0.1, 0.15) is 0 Å². The van der Waals surface area contributed by atoms with Crippen LogP contribution in [0.15, 0.2) is 36.7 Å². The van der Waals surface area contributed by atoms with E-state index in [0.717, 1.165) is 17.0 Å². The molecule has 0 aliphatic rings. The molecule has 8 heteroatoms. The second kappa shape index (κ2) is 7.59. The van der Waals surface area contributed by atoms with Crippen LogP contribution in [-0.2, 0) is 7.05 Å². The van der Waals surface area contributed by atoms with Crippen molar-refractivity contribution in [2.45, 2.75) is 26.8 Å². The minimum atomic E-state index is -1.15. The topological polar surface area (TPSA) is 110 Å². The fourth-order valence-corrected chi connectivity index (χ4v) is 3.20. The van der Waals surface area contributed by atoms with Crippen molar-refractivity contribution >= 4 is 11.9 Å². The predicted molar refractivity (Wildman–Crippen MR) is 103 cm³/mol. The number of aromatic carboxylic acids is 1. The second-order valence-corrected chi connectivity index (χ2v) is 6.58. The summed E-state index contributed by atoms with van der Waals surface area (Å²) in [4.78, 5) is 31.8. The number of hydrogen-bond acceptors (Lipinski definition) is 5. The molecular formula is C20H21N5O3. The highest BCUT2D eigenvalue weighted by atomic mass is 16.4. The van der Waals surface area contributed by atoms with E-state index >= 15 is 0 Å². The Morgan fingerprint density at radius 2 is 1.96 bits per heavy atom. The Hall–Kier alpha value is -3.55. The van der Waals surface area contributed by atoms with Gasteiger partial charge in [0.05, 0.1) is 29.8 Å². The Kier molecular flexibility index (Phi) is 5.21. The van der Waals surface area contributed by atoms with Crippen molar-refractivity contribution in [1.82, 2.24) is 25.1 Å². The van der Waals surface area contributed by atoms with Crippen LogP contribution in [-0.4, -0.2) is 36.7 Å². The predicted octanol–water partition coefficient (Wildman–Crippen LogP) is 2.68. The lowest BCUT2D eigenvalue weighted by Crippen LogP contribution is -2.27. The molecule has 0 aliphatic heterocycles. The lowest BCUT2D eigenvalue weighted by Gasteiger charge is -2.15. The number of rotatable bonds is 5. The summed E-state index contributed by atoms with van der Waals surface area (Å²) >= 11 is 0. The van der Waals surface area contributed by atoms with Crippen molar-refractivity contribution in [2.24, 2.45) is 7.05 Å². The van der Waals surface area contributed by atoms with Gasteiger partial charge in [-0.1, -0.05) is 12.1 Å². The largest absolute Gasteiger partial charge is 0.476 e. The fourth-order valence-electron chi connectivity index (χ4n) is 3.20. The number of aryl methyl sites for hydroxylation is 2. The third-order valence-corrected chi connectivity index (χ3v) is 4.62. The maximum atomic E-state index is 12.7. The zero-order valence-electron chi connectivity index (χ0n) is 16.1. The van der Waals surface area contributed by atoms with Crippen LogP contribution >= 0.6 is 0 Å². The van der Waals surface area contributed by atoms with E-state index in [1.165, 1.54) is 12.4 Å². The number of carbonyl (C=O) groups excluding carboxylic acids is 1. The number of nitrogens with one attached hydrogen (secondary N) is 1. The second-order valence-electron chi connectivity index (χ2n) is 6.58. The molecule has 28 heavy (non-hydrogen) atoms. The normalized spacial score (nSPS) is 11.9. The third kappa shape index (κ3) is 3.75. The van der Waals surface area contributed by atoms with E-state index in [-0.39, 0.29) is 17.6 Å². The quantitative estimate of drug-likeness (QED) is 0.705. The molecule has 0 fully saturated rings. The highest BCUT2D eigenvalue weighted by Gasteiger charge is 2.19. The zero-order chi connectivity index (χ0) is 20.4. The van der Waals surface area contributed by atoms with Gasteiger partial charge in [-0.15, -0.1) is 0 Å². The molecule has 144 valence electrons. The Balaban J connectivity index is 1.84. The molecule has 1 amide bonds. The van der Waals surface area contributed by atoms with Crippen LogP contribution in [0.5, 0.6) is 0 Å². The number of carbonyl (C=O) groups is 2. The van der Waals surface area contributed by atoms with Gasteiger partial charge in [-0.3, -0.25) is 14.5 Å². The van der Waals surface area contributed by atoms with Crippen LogP contribution in [0.3, 0.4) is 0 Å². The molecule has 2 N–H and O–H groups in total. The molecule has 1 unspecified atom stereocenters. The summed E-state index contributed by atoms with van der Waals surface area (Å²) in [5.74, 6) is -1.39. The number of amides is 1. The molecule has 3 aromatic rings. The average Bonchev–Trinajstić information content (AvgIpc) is 2.93. The summed E-state index contributed by atoms with van der Waals surface area (Å²) in [7, 11) is 1.87. The van der Waals surface area contributed by atoms with Crippen molar-refractivity contribution in [3.05, 3.63) is 64.9 Å². The number of nitrogens with zero attached hydrogens (tertiary/aromatic N) is 4. The van der Waals surface area contributed by atoms with Crippen molar-refractivity contribution < 1.29 is 14.7 Å². The summed E-state index contributed by atoms with van der Waals surface area (Å²) < 4.78 is 1.79. The van der Waals surface area contributed by atoms with E-state index < -0.39 is 5.97 Å². The zero-order valence-corrected chi connectivity index (χ0v) is 16.1.